The lowest BCUT2D eigenvalue weighted by Crippen LogP contribution is -2.26. The van der Waals surface area contributed by atoms with E-state index in [1.54, 1.807) is 0 Å². The van der Waals surface area contributed by atoms with Crippen LogP contribution < -0.4 is 10.4 Å². The fourth-order valence-electron chi connectivity index (χ4n) is 1.52. The molecule has 0 aliphatic heterocycles. The third-order valence-corrected chi connectivity index (χ3v) is 2.62. The normalized spacial score (nSPS) is 10.2. The maximum Gasteiger partial charge on any atom is 0.337 e. The van der Waals surface area contributed by atoms with Crippen molar-refractivity contribution >= 4 is 5.97 Å². The maximum absolute atomic E-state index is 11.5. The number of benzene rings is 1. The average molecular weight is 259 g/mol. The Hall–Kier alpha value is -2.56. The number of aryl methyl sites for hydroxylation is 1. The van der Waals surface area contributed by atoms with Crippen LogP contribution in [0.4, 0.5) is 0 Å². The van der Waals surface area contributed by atoms with E-state index >= 15 is 0 Å². The first-order valence-electron chi connectivity index (χ1n) is 5.71. The predicted molar refractivity (Wildman–Crippen MR) is 69.1 cm³/mol. The molecule has 5 nitrogen and oxygen atoms in total. The lowest BCUT2D eigenvalue weighted by Gasteiger charge is -2.08. The third kappa shape index (κ3) is 3.22. The molecule has 0 atom stereocenters. The number of carboxylic acid groups (broad SMARTS) is 1. The summed E-state index contributed by atoms with van der Waals surface area (Å²) in [6.07, 6.45) is 1.17. The highest BCUT2D eigenvalue weighted by atomic mass is 16.7. The summed E-state index contributed by atoms with van der Waals surface area (Å²) >= 11 is 0. The Morgan fingerprint density at radius 1 is 1.21 bits per heavy atom. The quantitative estimate of drug-likeness (QED) is 0.903. The van der Waals surface area contributed by atoms with Gasteiger partial charge < -0.3 is 9.94 Å². The van der Waals surface area contributed by atoms with Crippen LogP contribution in [0, 0.1) is 6.92 Å². The molecule has 0 aliphatic rings. The zero-order valence-electron chi connectivity index (χ0n) is 10.4. The number of aromatic carboxylic acids is 1. The lowest BCUT2D eigenvalue weighted by atomic mass is 10.2. The summed E-state index contributed by atoms with van der Waals surface area (Å²) in [6, 6.07) is 10.1. The van der Waals surface area contributed by atoms with Crippen LogP contribution in [0.3, 0.4) is 0 Å². The summed E-state index contributed by atoms with van der Waals surface area (Å²) in [4.78, 5) is 27.6. The molecule has 1 aromatic heterocycles. The van der Waals surface area contributed by atoms with Crippen molar-refractivity contribution in [3.05, 3.63) is 69.6 Å². The second kappa shape index (κ2) is 5.39. The fraction of sp³-hybridized carbons (Fsp3) is 0.143. The minimum absolute atomic E-state index is 0.00325. The fourth-order valence-corrected chi connectivity index (χ4v) is 1.52. The molecule has 0 spiro atoms. The highest BCUT2D eigenvalue weighted by Crippen LogP contribution is 2.03. The van der Waals surface area contributed by atoms with Crippen molar-refractivity contribution in [1.29, 1.82) is 0 Å². The molecule has 0 radical (unpaired) electrons. The Bertz CT molecular complexity index is 643. The number of hydrogen-bond donors (Lipinski definition) is 1. The molecule has 1 heterocycles. The van der Waals surface area contributed by atoms with Gasteiger partial charge in [-0.05, 0) is 18.6 Å². The number of pyridine rings is 1. The number of nitrogens with zero attached hydrogens (tertiary/aromatic N) is 1. The van der Waals surface area contributed by atoms with E-state index < -0.39 is 11.5 Å². The SMILES string of the molecule is Cc1ccc(COn2cc(C(=O)O)ccc2=O)cc1. The summed E-state index contributed by atoms with van der Waals surface area (Å²) in [5.41, 5.74) is 1.63. The third-order valence-electron chi connectivity index (χ3n) is 2.62. The highest BCUT2D eigenvalue weighted by Gasteiger charge is 2.05. The average Bonchev–Trinajstić information content (AvgIpc) is 2.39. The summed E-state index contributed by atoms with van der Waals surface area (Å²) in [5.74, 6) is -1.10. The van der Waals surface area contributed by atoms with E-state index in [2.05, 4.69) is 0 Å². The molecule has 0 amide bonds. The molecule has 2 aromatic rings. The van der Waals surface area contributed by atoms with Crippen molar-refractivity contribution in [3.8, 4) is 0 Å². The molecule has 98 valence electrons. The van der Waals surface area contributed by atoms with Crippen LogP contribution in [-0.4, -0.2) is 15.8 Å². The zero-order chi connectivity index (χ0) is 13.8. The van der Waals surface area contributed by atoms with Crippen LogP contribution in [0.15, 0.2) is 47.4 Å². The van der Waals surface area contributed by atoms with E-state index in [0.29, 0.717) is 0 Å². The highest BCUT2D eigenvalue weighted by molar-refractivity contribution is 5.87. The molecule has 19 heavy (non-hydrogen) atoms. The molecule has 1 N–H and O–H groups in total. The molecule has 0 fully saturated rings. The number of carbonyl (C=O) groups is 1. The second-order valence-corrected chi connectivity index (χ2v) is 4.15. The van der Waals surface area contributed by atoms with Gasteiger partial charge in [0.15, 0.2) is 0 Å². The van der Waals surface area contributed by atoms with Crippen molar-refractivity contribution < 1.29 is 14.7 Å². The molecule has 1 aromatic carbocycles. The molecule has 5 heteroatoms. The first kappa shape index (κ1) is 12.9. The van der Waals surface area contributed by atoms with Gasteiger partial charge in [0.25, 0.3) is 5.56 Å². The molecule has 0 aliphatic carbocycles. The van der Waals surface area contributed by atoms with Gasteiger partial charge in [-0.25, -0.2) is 4.79 Å². The van der Waals surface area contributed by atoms with Crippen LogP contribution in [0.2, 0.25) is 0 Å². The molecular formula is C14H13NO4. The van der Waals surface area contributed by atoms with Crippen LogP contribution in [0.25, 0.3) is 0 Å². The molecular weight excluding hydrogens is 246 g/mol. The van der Waals surface area contributed by atoms with Crippen molar-refractivity contribution in [1.82, 2.24) is 4.73 Å². The maximum atomic E-state index is 11.5. The Morgan fingerprint density at radius 3 is 2.53 bits per heavy atom. The minimum Gasteiger partial charge on any atom is -0.478 e. The number of aromatic nitrogens is 1. The first-order valence-corrected chi connectivity index (χ1v) is 5.71. The second-order valence-electron chi connectivity index (χ2n) is 4.15. The number of carboxylic acids is 1. The van der Waals surface area contributed by atoms with Gasteiger partial charge >= 0.3 is 5.97 Å². The summed E-state index contributed by atoms with van der Waals surface area (Å²) in [5, 5.41) is 8.85. The Kier molecular flexibility index (Phi) is 3.66. The summed E-state index contributed by atoms with van der Waals surface area (Å²) < 4.78 is 0.934. The Labute approximate surface area is 109 Å². The van der Waals surface area contributed by atoms with Crippen molar-refractivity contribution in [3.63, 3.8) is 0 Å². The van der Waals surface area contributed by atoms with Gasteiger partial charge in [-0.15, -0.1) is 0 Å². The van der Waals surface area contributed by atoms with Crippen molar-refractivity contribution in [2.75, 3.05) is 0 Å². The zero-order valence-corrected chi connectivity index (χ0v) is 10.4. The van der Waals surface area contributed by atoms with Gasteiger partial charge in [0.05, 0.1) is 11.8 Å². The van der Waals surface area contributed by atoms with Gasteiger partial charge in [0.2, 0.25) is 0 Å². The Morgan fingerprint density at radius 2 is 1.89 bits per heavy atom. The monoisotopic (exact) mass is 259 g/mol. The van der Waals surface area contributed by atoms with Crippen LogP contribution in [-0.2, 0) is 6.61 Å². The van der Waals surface area contributed by atoms with Gasteiger partial charge in [-0.1, -0.05) is 29.8 Å². The van der Waals surface area contributed by atoms with Crippen LogP contribution >= 0.6 is 0 Å². The Balaban J connectivity index is 2.15. The first-order chi connectivity index (χ1) is 9.06. The summed E-state index contributed by atoms with van der Waals surface area (Å²) in [7, 11) is 0. The predicted octanol–water partition coefficient (Wildman–Crippen LogP) is 1.48. The van der Waals surface area contributed by atoms with E-state index in [1.165, 1.54) is 18.3 Å². The smallest absolute Gasteiger partial charge is 0.337 e. The van der Waals surface area contributed by atoms with Crippen LogP contribution in [0.1, 0.15) is 21.5 Å². The molecule has 0 unspecified atom stereocenters. The van der Waals surface area contributed by atoms with Gasteiger partial charge in [-0.2, -0.15) is 4.73 Å². The van der Waals surface area contributed by atoms with Crippen molar-refractivity contribution in [2.24, 2.45) is 0 Å². The minimum atomic E-state index is -1.10. The topological polar surface area (TPSA) is 68.5 Å². The van der Waals surface area contributed by atoms with Crippen molar-refractivity contribution in [2.45, 2.75) is 13.5 Å². The largest absolute Gasteiger partial charge is 0.478 e. The lowest BCUT2D eigenvalue weighted by molar-refractivity contribution is 0.0674. The molecule has 0 saturated heterocycles. The van der Waals surface area contributed by atoms with Gasteiger partial charge in [-0.3, -0.25) is 4.79 Å². The summed E-state index contributed by atoms with van der Waals surface area (Å²) in [6.45, 7) is 2.18. The molecule has 2 rings (SSSR count). The molecule has 0 saturated carbocycles. The van der Waals surface area contributed by atoms with Crippen LogP contribution in [0.5, 0.6) is 0 Å². The standard InChI is InChI=1S/C14H13NO4/c1-10-2-4-11(5-3-10)9-19-15-8-12(14(17)18)6-7-13(15)16/h2-8H,9H2,1H3,(H,17,18). The number of rotatable bonds is 4. The van der Waals surface area contributed by atoms with Gasteiger partial charge in [0.1, 0.15) is 6.61 Å². The van der Waals surface area contributed by atoms with E-state index in [9.17, 15) is 9.59 Å². The van der Waals surface area contributed by atoms with E-state index in [-0.39, 0.29) is 12.2 Å². The van der Waals surface area contributed by atoms with E-state index in [1.807, 2.05) is 31.2 Å². The van der Waals surface area contributed by atoms with Gasteiger partial charge in [0, 0.05) is 6.07 Å². The van der Waals surface area contributed by atoms with E-state index in [4.69, 9.17) is 9.94 Å². The van der Waals surface area contributed by atoms with E-state index in [0.717, 1.165) is 15.9 Å². The molecule has 0 bridgehead atoms. The number of hydrogen-bond acceptors (Lipinski definition) is 3.